The summed E-state index contributed by atoms with van der Waals surface area (Å²) in [5, 5.41) is 0. The van der Waals surface area contributed by atoms with E-state index in [-0.39, 0.29) is 11.6 Å². The molecule has 0 aromatic carbocycles. The van der Waals surface area contributed by atoms with Crippen molar-refractivity contribution in [2.75, 3.05) is 20.3 Å². The first kappa shape index (κ1) is 10.4. The maximum Gasteiger partial charge on any atom is 0.0848 e. The zero-order valence-corrected chi connectivity index (χ0v) is 8.79. The van der Waals surface area contributed by atoms with Gasteiger partial charge in [0.05, 0.1) is 18.2 Å². The normalized spacial score (nSPS) is 32.6. The van der Waals surface area contributed by atoms with E-state index in [0.29, 0.717) is 5.92 Å². The summed E-state index contributed by atoms with van der Waals surface area (Å²) < 4.78 is 11.0. The van der Waals surface area contributed by atoms with Crippen LogP contribution in [-0.2, 0) is 9.47 Å². The number of nitrogens with two attached hydrogens (primary N) is 1. The maximum absolute atomic E-state index is 5.64. The van der Waals surface area contributed by atoms with E-state index in [1.165, 1.54) is 6.42 Å². The van der Waals surface area contributed by atoms with E-state index in [9.17, 15) is 0 Å². The van der Waals surface area contributed by atoms with Gasteiger partial charge in [0.15, 0.2) is 0 Å². The van der Waals surface area contributed by atoms with Crippen LogP contribution < -0.4 is 11.3 Å². The van der Waals surface area contributed by atoms with Crippen molar-refractivity contribution in [3.63, 3.8) is 0 Å². The summed E-state index contributed by atoms with van der Waals surface area (Å²) in [4.78, 5) is 0. The van der Waals surface area contributed by atoms with E-state index >= 15 is 0 Å². The summed E-state index contributed by atoms with van der Waals surface area (Å²) in [5.74, 6) is 6.15. The SMILES string of the molecule is COC1(C(NN)C2CCOC2)CCC1. The van der Waals surface area contributed by atoms with Gasteiger partial charge < -0.3 is 9.47 Å². The zero-order valence-electron chi connectivity index (χ0n) is 8.79. The summed E-state index contributed by atoms with van der Waals surface area (Å²) in [5.41, 5.74) is 2.91. The monoisotopic (exact) mass is 200 g/mol. The number of nitrogens with one attached hydrogen (secondary N) is 1. The Morgan fingerprint density at radius 1 is 1.57 bits per heavy atom. The highest BCUT2D eigenvalue weighted by Gasteiger charge is 2.48. The van der Waals surface area contributed by atoms with Crippen molar-refractivity contribution in [1.29, 1.82) is 0 Å². The van der Waals surface area contributed by atoms with Crippen LogP contribution in [0.3, 0.4) is 0 Å². The van der Waals surface area contributed by atoms with Gasteiger partial charge in [0.2, 0.25) is 0 Å². The van der Waals surface area contributed by atoms with Crippen LogP contribution in [0.4, 0.5) is 0 Å². The van der Waals surface area contributed by atoms with Crippen molar-refractivity contribution in [3.8, 4) is 0 Å². The third kappa shape index (κ3) is 1.56. The Balaban J connectivity index is 2.03. The first-order valence-electron chi connectivity index (χ1n) is 5.41. The Morgan fingerprint density at radius 3 is 2.71 bits per heavy atom. The van der Waals surface area contributed by atoms with Crippen LogP contribution in [0.15, 0.2) is 0 Å². The second-order valence-electron chi connectivity index (χ2n) is 4.39. The third-order valence-corrected chi connectivity index (χ3v) is 3.79. The number of rotatable bonds is 4. The molecular weight excluding hydrogens is 180 g/mol. The Kier molecular flexibility index (Phi) is 3.07. The molecule has 1 aliphatic heterocycles. The summed E-state index contributed by atoms with van der Waals surface area (Å²) in [7, 11) is 1.79. The number of ether oxygens (including phenoxy) is 2. The molecule has 1 saturated heterocycles. The van der Waals surface area contributed by atoms with Crippen molar-refractivity contribution in [1.82, 2.24) is 5.43 Å². The number of methoxy groups -OCH3 is 1. The van der Waals surface area contributed by atoms with Crippen molar-refractivity contribution in [2.45, 2.75) is 37.3 Å². The van der Waals surface area contributed by atoms with E-state index in [0.717, 1.165) is 32.5 Å². The molecule has 1 saturated carbocycles. The van der Waals surface area contributed by atoms with Crippen LogP contribution >= 0.6 is 0 Å². The van der Waals surface area contributed by atoms with Crippen molar-refractivity contribution < 1.29 is 9.47 Å². The molecule has 0 amide bonds. The highest BCUT2D eigenvalue weighted by Crippen LogP contribution is 2.41. The van der Waals surface area contributed by atoms with Gasteiger partial charge in [0.1, 0.15) is 0 Å². The van der Waals surface area contributed by atoms with Crippen LogP contribution in [0.25, 0.3) is 0 Å². The third-order valence-electron chi connectivity index (χ3n) is 3.79. The van der Waals surface area contributed by atoms with Crippen LogP contribution in [0, 0.1) is 5.92 Å². The summed E-state index contributed by atoms with van der Waals surface area (Å²) in [6.45, 7) is 1.68. The van der Waals surface area contributed by atoms with Gasteiger partial charge in [-0.25, -0.2) is 0 Å². The second-order valence-corrected chi connectivity index (χ2v) is 4.39. The largest absolute Gasteiger partial charge is 0.381 e. The first-order chi connectivity index (χ1) is 6.82. The van der Waals surface area contributed by atoms with E-state index in [1.54, 1.807) is 7.11 Å². The van der Waals surface area contributed by atoms with E-state index in [1.807, 2.05) is 0 Å². The lowest BCUT2D eigenvalue weighted by molar-refractivity contribution is -0.111. The molecule has 14 heavy (non-hydrogen) atoms. The highest BCUT2D eigenvalue weighted by molar-refractivity contribution is 5.02. The molecular formula is C10H20N2O2. The summed E-state index contributed by atoms with van der Waals surface area (Å²) in [6, 6.07) is 0.253. The van der Waals surface area contributed by atoms with Crippen molar-refractivity contribution in [3.05, 3.63) is 0 Å². The van der Waals surface area contributed by atoms with Crippen LogP contribution in [-0.4, -0.2) is 32.0 Å². The van der Waals surface area contributed by atoms with Gasteiger partial charge in [0.25, 0.3) is 0 Å². The number of hydrazine groups is 1. The zero-order chi connectivity index (χ0) is 10.0. The average molecular weight is 200 g/mol. The Hall–Kier alpha value is -0.160. The summed E-state index contributed by atoms with van der Waals surface area (Å²) in [6.07, 6.45) is 4.59. The molecule has 82 valence electrons. The topological polar surface area (TPSA) is 56.5 Å². The molecule has 2 rings (SSSR count). The van der Waals surface area contributed by atoms with Gasteiger partial charge >= 0.3 is 0 Å². The molecule has 4 nitrogen and oxygen atoms in total. The fraction of sp³-hybridized carbons (Fsp3) is 1.00. The predicted molar refractivity (Wildman–Crippen MR) is 53.6 cm³/mol. The van der Waals surface area contributed by atoms with E-state index in [2.05, 4.69) is 5.43 Å². The smallest absolute Gasteiger partial charge is 0.0848 e. The molecule has 0 aromatic rings. The molecule has 0 spiro atoms. The lowest BCUT2D eigenvalue weighted by Gasteiger charge is -2.48. The summed E-state index contributed by atoms with van der Waals surface area (Å²) >= 11 is 0. The Bertz CT molecular complexity index is 183. The van der Waals surface area contributed by atoms with E-state index < -0.39 is 0 Å². The molecule has 1 aliphatic carbocycles. The molecule has 2 atom stereocenters. The Morgan fingerprint density at radius 2 is 2.36 bits per heavy atom. The average Bonchev–Trinajstić information content (AvgIpc) is 2.63. The van der Waals surface area contributed by atoms with Gasteiger partial charge in [-0.05, 0) is 25.7 Å². The fourth-order valence-electron chi connectivity index (χ4n) is 2.70. The molecule has 4 heteroatoms. The number of hydrogen-bond acceptors (Lipinski definition) is 4. The minimum absolute atomic E-state index is 0.0207. The van der Waals surface area contributed by atoms with Crippen LogP contribution in [0.5, 0.6) is 0 Å². The number of hydrogen-bond donors (Lipinski definition) is 2. The standard InChI is InChI=1S/C10H20N2O2/c1-13-10(4-2-5-10)9(12-11)8-3-6-14-7-8/h8-9,12H,2-7,11H2,1H3. The lowest BCUT2D eigenvalue weighted by Crippen LogP contribution is -2.61. The minimum Gasteiger partial charge on any atom is -0.381 e. The van der Waals surface area contributed by atoms with Gasteiger partial charge in [-0.15, -0.1) is 0 Å². The van der Waals surface area contributed by atoms with E-state index in [4.69, 9.17) is 15.3 Å². The van der Waals surface area contributed by atoms with Crippen molar-refractivity contribution in [2.24, 2.45) is 11.8 Å². The maximum atomic E-state index is 5.64. The van der Waals surface area contributed by atoms with Gasteiger partial charge in [-0.1, -0.05) is 0 Å². The van der Waals surface area contributed by atoms with Gasteiger partial charge in [-0.2, -0.15) is 0 Å². The molecule has 3 N–H and O–H groups in total. The van der Waals surface area contributed by atoms with Gasteiger partial charge in [0, 0.05) is 19.6 Å². The minimum atomic E-state index is -0.0207. The van der Waals surface area contributed by atoms with Crippen molar-refractivity contribution >= 4 is 0 Å². The quantitative estimate of drug-likeness (QED) is 0.510. The first-order valence-corrected chi connectivity index (χ1v) is 5.41. The fourth-order valence-corrected chi connectivity index (χ4v) is 2.70. The second kappa shape index (κ2) is 4.14. The molecule has 0 radical (unpaired) electrons. The van der Waals surface area contributed by atoms with Crippen LogP contribution in [0.2, 0.25) is 0 Å². The Labute approximate surface area is 85.1 Å². The van der Waals surface area contributed by atoms with Crippen LogP contribution in [0.1, 0.15) is 25.7 Å². The molecule has 2 unspecified atom stereocenters. The molecule has 0 aromatic heterocycles. The molecule has 2 fully saturated rings. The lowest BCUT2D eigenvalue weighted by atomic mass is 9.70. The highest BCUT2D eigenvalue weighted by atomic mass is 16.5. The molecule has 0 bridgehead atoms. The molecule has 1 heterocycles. The molecule has 2 aliphatic rings. The van der Waals surface area contributed by atoms with Gasteiger partial charge in [-0.3, -0.25) is 11.3 Å². The predicted octanol–water partition coefficient (Wildman–Crippen LogP) is 0.424.